The normalized spacial score (nSPS) is 42.4. The van der Waals surface area contributed by atoms with Gasteiger partial charge in [-0.05, 0) is 104 Å². The highest BCUT2D eigenvalue weighted by Gasteiger charge is 2.73. The maximum absolute atomic E-state index is 15.1. The minimum atomic E-state index is -0.721. The van der Waals surface area contributed by atoms with Crippen LogP contribution in [0.2, 0.25) is 0 Å². The number of epoxide rings is 1. The van der Waals surface area contributed by atoms with E-state index in [-0.39, 0.29) is 47.1 Å². The van der Waals surface area contributed by atoms with Crippen molar-refractivity contribution in [3.63, 3.8) is 0 Å². The number of nitrogens with zero attached hydrogens (tertiary/aromatic N) is 1. The molecule has 4 fully saturated rings. The number of carbonyl (C=O) groups is 2. The van der Waals surface area contributed by atoms with Crippen molar-refractivity contribution in [2.45, 2.75) is 151 Å². The molecule has 9 rings (SSSR count). The smallest absolute Gasteiger partial charge is 0.162 e. The number of nitrogens with one attached hydrogen (secondary N) is 1. The summed E-state index contributed by atoms with van der Waals surface area (Å²) in [7, 11) is 0. The minimum Gasteiger partial charge on any atom is -0.392 e. The molecule has 0 aromatic heterocycles. The fraction of sp³-hybridized carbons (Fsp3) is 0.688. The molecule has 4 heterocycles. The molecule has 0 amide bonds. The Morgan fingerprint density at radius 1 is 0.982 bits per heavy atom. The van der Waals surface area contributed by atoms with Gasteiger partial charge in [0.05, 0.1) is 36.9 Å². The fourth-order valence-corrected chi connectivity index (χ4v) is 14.8. The molecule has 0 radical (unpaired) electrons. The van der Waals surface area contributed by atoms with E-state index in [0.29, 0.717) is 38.0 Å². The van der Waals surface area contributed by atoms with Gasteiger partial charge in [-0.25, -0.2) is 4.99 Å². The maximum Gasteiger partial charge on any atom is 0.162 e. The first kappa shape index (κ1) is 38.8. The highest BCUT2D eigenvalue weighted by molar-refractivity contribution is 6.02. The van der Waals surface area contributed by atoms with E-state index in [0.717, 1.165) is 66.6 Å². The van der Waals surface area contributed by atoms with Gasteiger partial charge < -0.3 is 20.1 Å². The van der Waals surface area contributed by atoms with Gasteiger partial charge in [-0.15, -0.1) is 0 Å². The lowest BCUT2D eigenvalue weighted by Gasteiger charge is -2.70. The average Bonchev–Trinajstić information content (AvgIpc) is 3.36. The zero-order valence-corrected chi connectivity index (χ0v) is 35.3. The number of rotatable bonds is 6. The summed E-state index contributed by atoms with van der Waals surface area (Å²) in [4.78, 5) is 35.1. The summed E-state index contributed by atoms with van der Waals surface area (Å²) >= 11 is 0. The SMILES string of the molecule is Cc1cc(CO)cc(CC2=C3N=CC4=C3[NH+](C2)C[C@@H]2C3=C(C(=O)C[C@]3(C)[C@@]3(C)CC[C@H]5C(C)(C)C(=O)CC[C@]5(C)[C@@H]3[C@@H]2O)[C@](C)(C[C@@H](O)[C@@H]2OC2(C)C)CC4)c1. The number of benzene rings is 1. The van der Waals surface area contributed by atoms with Gasteiger partial charge in [0.1, 0.15) is 24.1 Å². The molecule has 8 heteroatoms. The van der Waals surface area contributed by atoms with Gasteiger partial charge in [-0.3, -0.25) is 14.5 Å². The number of hydrogen-bond donors (Lipinski definition) is 4. The number of allylic oxidation sites excluding steroid dienone is 2. The average molecular weight is 766 g/mol. The third-order valence-corrected chi connectivity index (χ3v) is 17.6. The number of ether oxygens (including phenoxy) is 1. The molecule has 1 saturated heterocycles. The van der Waals surface area contributed by atoms with E-state index in [1.54, 1.807) is 0 Å². The van der Waals surface area contributed by atoms with Crippen LogP contribution in [0, 0.1) is 51.8 Å². The van der Waals surface area contributed by atoms with Crippen molar-refractivity contribution in [2.75, 3.05) is 13.1 Å². The molecule has 302 valence electrons. The van der Waals surface area contributed by atoms with Crippen LogP contribution in [-0.4, -0.2) is 70.1 Å². The number of quaternary nitrogens is 1. The molecule has 1 unspecified atom stereocenters. The molecule has 1 aromatic rings. The Morgan fingerprint density at radius 2 is 1.70 bits per heavy atom. The van der Waals surface area contributed by atoms with Gasteiger partial charge in [-0.2, -0.15) is 0 Å². The number of fused-ring (bicyclic) bond motifs is 4. The lowest BCUT2D eigenvalue weighted by Crippen LogP contribution is -3.10. The van der Waals surface area contributed by atoms with E-state index in [4.69, 9.17) is 9.73 Å². The Labute approximate surface area is 333 Å². The quantitative estimate of drug-likeness (QED) is 0.266. The fourth-order valence-electron chi connectivity index (χ4n) is 14.8. The third kappa shape index (κ3) is 5.30. The number of ketones is 2. The molecular weight excluding hydrogens is 701 g/mol. The van der Waals surface area contributed by atoms with Crippen molar-refractivity contribution in [3.8, 4) is 0 Å². The lowest BCUT2D eigenvalue weighted by atomic mass is 9.34. The first-order chi connectivity index (χ1) is 26.2. The second-order valence-corrected chi connectivity index (χ2v) is 21.7. The van der Waals surface area contributed by atoms with E-state index in [1.807, 2.05) is 26.1 Å². The van der Waals surface area contributed by atoms with Gasteiger partial charge in [0.2, 0.25) is 0 Å². The molecule has 4 aliphatic carbocycles. The Bertz CT molecular complexity index is 2060. The summed E-state index contributed by atoms with van der Waals surface area (Å²) in [5.41, 5.74) is 7.40. The van der Waals surface area contributed by atoms with Crippen molar-refractivity contribution in [2.24, 2.45) is 49.8 Å². The predicted octanol–water partition coefficient (Wildman–Crippen LogP) is 5.94. The summed E-state index contributed by atoms with van der Waals surface area (Å²) in [6.45, 7) is 21.1. The molecule has 3 saturated carbocycles. The summed E-state index contributed by atoms with van der Waals surface area (Å²) < 4.78 is 5.99. The van der Waals surface area contributed by atoms with E-state index < -0.39 is 34.1 Å². The largest absolute Gasteiger partial charge is 0.392 e. The van der Waals surface area contributed by atoms with Crippen LogP contribution in [0.25, 0.3) is 0 Å². The van der Waals surface area contributed by atoms with Crippen LogP contribution in [0.5, 0.6) is 0 Å². The van der Waals surface area contributed by atoms with Gasteiger partial charge >= 0.3 is 0 Å². The third-order valence-electron chi connectivity index (χ3n) is 17.6. The van der Waals surface area contributed by atoms with Crippen molar-refractivity contribution >= 4 is 17.8 Å². The highest BCUT2D eigenvalue weighted by atomic mass is 16.6. The van der Waals surface area contributed by atoms with E-state index >= 15 is 4.79 Å². The Kier molecular flexibility index (Phi) is 8.57. The van der Waals surface area contributed by atoms with Crippen molar-refractivity contribution < 1.29 is 34.5 Å². The molecule has 1 aromatic carbocycles. The first-order valence-corrected chi connectivity index (χ1v) is 21.6. The van der Waals surface area contributed by atoms with Crippen LogP contribution in [-0.2, 0) is 27.4 Å². The maximum atomic E-state index is 15.1. The molecule has 11 atom stereocenters. The van der Waals surface area contributed by atoms with Gasteiger partial charge in [0.25, 0.3) is 0 Å². The number of aryl methyl sites for hydroxylation is 1. The second-order valence-electron chi connectivity index (χ2n) is 21.7. The van der Waals surface area contributed by atoms with E-state index in [2.05, 4.69) is 60.6 Å². The monoisotopic (exact) mass is 765 g/mol. The molecule has 4 N–H and O–H groups in total. The number of carbonyl (C=O) groups excluding carboxylic acids is 2. The number of aliphatic hydroxyl groups is 3. The van der Waals surface area contributed by atoms with Crippen LogP contribution in [0.1, 0.15) is 123 Å². The highest BCUT2D eigenvalue weighted by Crippen LogP contribution is 2.75. The summed E-state index contributed by atoms with van der Waals surface area (Å²) in [6, 6.07) is 6.35. The Balaban J connectivity index is 1.20. The Hall–Kier alpha value is -2.75. The number of hydrogen-bond acceptors (Lipinski definition) is 7. The van der Waals surface area contributed by atoms with Crippen molar-refractivity contribution in [3.05, 3.63) is 68.6 Å². The summed E-state index contributed by atoms with van der Waals surface area (Å²) in [6.07, 6.45) is 6.44. The van der Waals surface area contributed by atoms with Crippen molar-refractivity contribution in [1.82, 2.24) is 0 Å². The van der Waals surface area contributed by atoms with E-state index in [9.17, 15) is 20.1 Å². The molecule has 4 aliphatic heterocycles. The van der Waals surface area contributed by atoms with Crippen LogP contribution < -0.4 is 4.90 Å². The summed E-state index contributed by atoms with van der Waals surface area (Å²) in [5, 5.41) is 35.3. The molecule has 0 bridgehead atoms. The number of Topliss-reactive ketones (excluding diaryl/α,β-unsaturated/α-hetero) is 2. The van der Waals surface area contributed by atoms with Crippen LogP contribution in [0.15, 0.2) is 56.9 Å². The first-order valence-electron chi connectivity index (χ1n) is 21.6. The second kappa shape index (κ2) is 12.4. The summed E-state index contributed by atoms with van der Waals surface area (Å²) in [5.74, 6) is 0.320. The van der Waals surface area contributed by atoms with E-state index in [1.165, 1.54) is 27.3 Å². The van der Waals surface area contributed by atoms with Crippen LogP contribution in [0.3, 0.4) is 0 Å². The zero-order valence-electron chi connectivity index (χ0n) is 35.3. The van der Waals surface area contributed by atoms with Gasteiger partial charge in [0, 0.05) is 53.0 Å². The Morgan fingerprint density at radius 3 is 2.39 bits per heavy atom. The predicted molar refractivity (Wildman–Crippen MR) is 216 cm³/mol. The molecular formula is C48H65N2O6+. The standard InChI is InChI=1S/C48H64N2O6/c1-26-16-27(18-28(17-26)25-51)19-30-23-50-24-31-36-37(45(6,20-33(53)42-44(4,5)56-42)13-10-29-22-49-38(30)39(29)50)32(52)21-48(36,9)47(8)15-11-34-43(2,3)35(54)12-14-46(34,7)41(47)40(31)55/h16-18,22,31,33-34,40-42,51,53,55H,10-15,19-21,23-25H2,1-9H3/p+1/t31-,33-,34+,40-,41+,42+,45+,46+,47+,48+/m1/s1. The lowest BCUT2D eigenvalue weighted by molar-refractivity contribution is -0.852. The number of aliphatic imine (C=N–C) groups is 1. The molecule has 8 nitrogen and oxygen atoms in total. The zero-order chi connectivity index (χ0) is 40.1. The molecule has 8 aliphatic rings. The van der Waals surface area contributed by atoms with Crippen LogP contribution >= 0.6 is 0 Å². The number of aliphatic hydroxyl groups excluding tert-OH is 3. The molecule has 0 spiro atoms. The molecule has 56 heavy (non-hydrogen) atoms. The minimum absolute atomic E-state index is 0.00293. The van der Waals surface area contributed by atoms with Crippen LogP contribution in [0.4, 0.5) is 0 Å². The van der Waals surface area contributed by atoms with Gasteiger partial charge in [-0.1, -0.05) is 65.3 Å². The van der Waals surface area contributed by atoms with Gasteiger partial charge in [0.15, 0.2) is 11.5 Å². The topological polar surface area (TPSA) is 124 Å². The van der Waals surface area contributed by atoms with Crippen molar-refractivity contribution in [1.29, 1.82) is 0 Å².